The van der Waals surface area contributed by atoms with Crippen molar-refractivity contribution in [2.45, 2.75) is 32.0 Å². The van der Waals surface area contributed by atoms with E-state index in [9.17, 15) is 14.4 Å². The minimum atomic E-state index is -0.486. The van der Waals surface area contributed by atoms with Gasteiger partial charge in [-0.1, -0.05) is 18.7 Å². The zero-order valence-electron chi connectivity index (χ0n) is 12.4. The SMILES string of the molecule is CCc1cc2c(=O)n(CC(=O)NNC(C)=O)c(SC)nc2s1. The van der Waals surface area contributed by atoms with E-state index in [0.717, 1.165) is 11.3 Å². The molecule has 9 heteroatoms. The quantitative estimate of drug-likeness (QED) is 0.490. The summed E-state index contributed by atoms with van der Waals surface area (Å²) in [5.74, 6) is -0.871. The van der Waals surface area contributed by atoms with Crippen LogP contribution in [0.3, 0.4) is 0 Å². The van der Waals surface area contributed by atoms with Crippen LogP contribution in [0.1, 0.15) is 18.7 Å². The zero-order valence-corrected chi connectivity index (χ0v) is 14.1. The molecule has 0 aliphatic carbocycles. The van der Waals surface area contributed by atoms with Crippen LogP contribution in [0.15, 0.2) is 16.0 Å². The Hall–Kier alpha value is -1.87. The first-order valence-electron chi connectivity index (χ1n) is 6.59. The molecule has 0 spiro atoms. The number of thioether (sulfide) groups is 1. The van der Waals surface area contributed by atoms with Gasteiger partial charge in [0.05, 0.1) is 5.39 Å². The monoisotopic (exact) mass is 340 g/mol. The van der Waals surface area contributed by atoms with Crippen molar-refractivity contribution >= 4 is 45.1 Å². The predicted molar refractivity (Wildman–Crippen MR) is 87.0 cm³/mol. The van der Waals surface area contributed by atoms with Gasteiger partial charge < -0.3 is 0 Å². The fourth-order valence-electron chi connectivity index (χ4n) is 1.86. The molecule has 2 N–H and O–H groups in total. The van der Waals surface area contributed by atoms with Crippen LogP contribution in [0.4, 0.5) is 0 Å². The molecule has 0 aromatic carbocycles. The summed E-state index contributed by atoms with van der Waals surface area (Å²) in [7, 11) is 0. The summed E-state index contributed by atoms with van der Waals surface area (Å²) in [6, 6.07) is 1.82. The first kappa shape index (κ1) is 16.5. The number of nitrogens with zero attached hydrogens (tertiary/aromatic N) is 2. The molecular weight excluding hydrogens is 324 g/mol. The molecule has 2 rings (SSSR count). The molecule has 0 atom stereocenters. The molecule has 0 saturated carbocycles. The Kier molecular flexibility index (Phi) is 5.19. The van der Waals surface area contributed by atoms with Gasteiger partial charge in [-0.25, -0.2) is 4.98 Å². The predicted octanol–water partition coefficient (Wildman–Crippen LogP) is 0.910. The number of aromatic nitrogens is 2. The lowest BCUT2D eigenvalue weighted by Crippen LogP contribution is -2.43. The first-order chi connectivity index (χ1) is 10.5. The van der Waals surface area contributed by atoms with E-state index in [2.05, 4.69) is 15.8 Å². The van der Waals surface area contributed by atoms with Crippen LogP contribution in [0.2, 0.25) is 0 Å². The minimum Gasteiger partial charge on any atom is -0.277 e. The Morgan fingerprint density at radius 1 is 1.41 bits per heavy atom. The molecule has 0 aliphatic heterocycles. The third-order valence-corrected chi connectivity index (χ3v) is 4.73. The van der Waals surface area contributed by atoms with Crippen molar-refractivity contribution in [1.82, 2.24) is 20.4 Å². The standard InChI is InChI=1S/C13H16N4O3S2/c1-4-8-5-9-11(22-8)14-13(21-3)17(12(9)20)6-10(19)16-15-7(2)18/h5H,4,6H2,1-3H3,(H,15,18)(H,16,19). The second-order valence-electron chi connectivity index (χ2n) is 4.50. The lowest BCUT2D eigenvalue weighted by molar-refractivity contribution is -0.128. The fourth-order valence-corrected chi connectivity index (χ4v) is 3.42. The minimum absolute atomic E-state index is 0.199. The smallest absolute Gasteiger partial charge is 0.263 e. The highest BCUT2D eigenvalue weighted by molar-refractivity contribution is 7.98. The van der Waals surface area contributed by atoms with Crippen molar-refractivity contribution in [3.8, 4) is 0 Å². The lowest BCUT2D eigenvalue weighted by Gasteiger charge is -2.10. The van der Waals surface area contributed by atoms with E-state index in [1.54, 1.807) is 6.26 Å². The highest BCUT2D eigenvalue weighted by Gasteiger charge is 2.15. The number of rotatable bonds is 4. The fraction of sp³-hybridized carbons (Fsp3) is 0.385. The van der Waals surface area contributed by atoms with E-state index in [1.807, 2.05) is 13.0 Å². The van der Waals surface area contributed by atoms with Crippen molar-refractivity contribution in [2.75, 3.05) is 6.26 Å². The number of aryl methyl sites for hydroxylation is 1. The van der Waals surface area contributed by atoms with Gasteiger partial charge in [-0.3, -0.25) is 29.8 Å². The summed E-state index contributed by atoms with van der Waals surface area (Å²) in [4.78, 5) is 41.4. The van der Waals surface area contributed by atoms with Crippen molar-refractivity contribution in [2.24, 2.45) is 0 Å². The zero-order chi connectivity index (χ0) is 16.3. The number of amides is 2. The molecule has 7 nitrogen and oxygen atoms in total. The van der Waals surface area contributed by atoms with Crippen molar-refractivity contribution < 1.29 is 9.59 Å². The van der Waals surface area contributed by atoms with Gasteiger partial charge in [0, 0.05) is 11.8 Å². The second kappa shape index (κ2) is 6.93. The first-order valence-corrected chi connectivity index (χ1v) is 8.63. The van der Waals surface area contributed by atoms with E-state index in [1.165, 1.54) is 34.6 Å². The highest BCUT2D eigenvalue weighted by Crippen LogP contribution is 2.24. The summed E-state index contributed by atoms with van der Waals surface area (Å²) in [6.45, 7) is 3.10. The van der Waals surface area contributed by atoms with Crippen LogP contribution in [0.25, 0.3) is 10.2 Å². The third-order valence-electron chi connectivity index (χ3n) is 2.88. The number of nitrogens with one attached hydrogen (secondary N) is 2. The van der Waals surface area contributed by atoms with E-state index in [0.29, 0.717) is 15.4 Å². The summed E-state index contributed by atoms with van der Waals surface area (Å²) in [5, 5.41) is 0.993. The number of hydrogen-bond acceptors (Lipinski definition) is 6. The van der Waals surface area contributed by atoms with Gasteiger partial charge in [0.15, 0.2) is 5.16 Å². The molecule has 0 aliphatic rings. The maximum atomic E-state index is 12.6. The van der Waals surface area contributed by atoms with Gasteiger partial charge in [0.25, 0.3) is 11.5 Å². The maximum Gasteiger partial charge on any atom is 0.263 e. The Bertz CT molecular complexity index is 781. The molecule has 118 valence electrons. The van der Waals surface area contributed by atoms with Crippen LogP contribution in [-0.4, -0.2) is 27.6 Å². The van der Waals surface area contributed by atoms with Gasteiger partial charge in [-0.05, 0) is 18.7 Å². The highest BCUT2D eigenvalue weighted by atomic mass is 32.2. The molecule has 0 unspecified atom stereocenters. The van der Waals surface area contributed by atoms with Crippen molar-refractivity contribution in [3.63, 3.8) is 0 Å². The molecule has 0 radical (unpaired) electrons. The Morgan fingerprint density at radius 2 is 2.14 bits per heavy atom. The molecule has 0 fully saturated rings. The maximum absolute atomic E-state index is 12.6. The van der Waals surface area contributed by atoms with Crippen LogP contribution in [0, 0.1) is 0 Å². The Balaban J connectivity index is 2.39. The van der Waals surface area contributed by atoms with E-state index in [-0.39, 0.29) is 18.0 Å². The van der Waals surface area contributed by atoms with Gasteiger partial charge in [0.1, 0.15) is 11.4 Å². The van der Waals surface area contributed by atoms with E-state index >= 15 is 0 Å². The number of fused-ring (bicyclic) bond motifs is 1. The second-order valence-corrected chi connectivity index (χ2v) is 6.39. The van der Waals surface area contributed by atoms with E-state index < -0.39 is 5.91 Å². The van der Waals surface area contributed by atoms with Gasteiger partial charge in [-0.2, -0.15) is 0 Å². The summed E-state index contributed by atoms with van der Waals surface area (Å²) in [5.41, 5.74) is 4.19. The number of thiophene rings is 1. The number of hydrogen-bond donors (Lipinski definition) is 2. The summed E-state index contributed by atoms with van der Waals surface area (Å²) < 4.78 is 1.32. The van der Waals surface area contributed by atoms with Gasteiger partial charge in [0.2, 0.25) is 5.91 Å². The van der Waals surface area contributed by atoms with Crippen molar-refractivity contribution in [1.29, 1.82) is 0 Å². The van der Waals surface area contributed by atoms with Gasteiger partial charge >= 0.3 is 0 Å². The van der Waals surface area contributed by atoms with Crippen LogP contribution >= 0.6 is 23.1 Å². The lowest BCUT2D eigenvalue weighted by atomic mass is 10.3. The molecule has 22 heavy (non-hydrogen) atoms. The molecule has 0 saturated heterocycles. The molecule has 0 bridgehead atoms. The Labute approximate surface area is 135 Å². The normalized spacial score (nSPS) is 10.7. The number of carbonyl (C=O) groups excluding carboxylic acids is 2. The topological polar surface area (TPSA) is 93.1 Å². The molecule has 2 aromatic heterocycles. The molecule has 2 aromatic rings. The molecule has 2 amide bonds. The summed E-state index contributed by atoms with van der Waals surface area (Å²) >= 11 is 2.79. The summed E-state index contributed by atoms with van der Waals surface area (Å²) in [6.07, 6.45) is 2.63. The van der Waals surface area contributed by atoms with E-state index in [4.69, 9.17) is 0 Å². The number of carbonyl (C=O) groups is 2. The van der Waals surface area contributed by atoms with Crippen LogP contribution in [-0.2, 0) is 22.6 Å². The number of hydrazine groups is 1. The largest absolute Gasteiger partial charge is 0.277 e. The van der Waals surface area contributed by atoms with Crippen LogP contribution < -0.4 is 16.4 Å². The third kappa shape index (κ3) is 3.47. The Morgan fingerprint density at radius 3 is 2.73 bits per heavy atom. The molecule has 2 heterocycles. The van der Waals surface area contributed by atoms with Crippen molar-refractivity contribution in [3.05, 3.63) is 21.3 Å². The van der Waals surface area contributed by atoms with Gasteiger partial charge in [-0.15, -0.1) is 11.3 Å². The van der Waals surface area contributed by atoms with Crippen LogP contribution in [0.5, 0.6) is 0 Å². The average molecular weight is 340 g/mol. The molecular formula is C13H16N4O3S2. The average Bonchev–Trinajstić information content (AvgIpc) is 2.91.